The first-order chi connectivity index (χ1) is 9.56. The van der Waals surface area contributed by atoms with Crippen molar-refractivity contribution in [3.05, 3.63) is 28.8 Å². The van der Waals surface area contributed by atoms with Gasteiger partial charge in [0.05, 0.1) is 25.9 Å². The zero-order chi connectivity index (χ0) is 15.0. The number of hydrogen-bond acceptors (Lipinski definition) is 5. The van der Waals surface area contributed by atoms with Gasteiger partial charge in [0.2, 0.25) is 0 Å². The first kappa shape index (κ1) is 17.2. The number of aliphatic hydroxyl groups excluding tert-OH is 2. The molecule has 0 fully saturated rings. The van der Waals surface area contributed by atoms with Crippen molar-refractivity contribution in [3.63, 3.8) is 0 Å². The molecule has 1 aromatic rings. The van der Waals surface area contributed by atoms with Crippen LogP contribution < -0.4 is 4.74 Å². The zero-order valence-electron chi connectivity index (χ0n) is 11.7. The maximum Gasteiger partial charge on any atom is 0.125 e. The van der Waals surface area contributed by atoms with Crippen LogP contribution >= 0.6 is 11.6 Å². The number of methoxy groups -OCH3 is 1. The average Bonchev–Trinajstić information content (AvgIpc) is 2.44. The van der Waals surface area contributed by atoms with Crippen molar-refractivity contribution in [1.82, 2.24) is 0 Å². The minimum Gasteiger partial charge on any atom is -0.490 e. The lowest BCUT2D eigenvalue weighted by atomic mass is 10.2. The fraction of sp³-hybridized carbons (Fsp3) is 0.571. The number of halogens is 1. The lowest BCUT2D eigenvalue weighted by Crippen LogP contribution is -2.27. The van der Waals surface area contributed by atoms with E-state index >= 15 is 0 Å². The maximum atomic E-state index is 9.77. The molecule has 0 radical (unpaired) electrons. The Bertz CT molecular complexity index is 399. The largest absolute Gasteiger partial charge is 0.490 e. The highest BCUT2D eigenvalue weighted by Crippen LogP contribution is 2.23. The highest BCUT2D eigenvalue weighted by Gasteiger charge is 2.11. The second-order valence-electron chi connectivity index (χ2n) is 4.47. The second-order valence-corrected chi connectivity index (χ2v) is 4.91. The number of benzene rings is 1. The molecule has 0 amide bonds. The van der Waals surface area contributed by atoms with Crippen molar-refractivity contribution in [2.45, 2.75) is 25.7 Å². The molecule has 6 heteroatoms. The van der Waals surface area contributed by atoms with Crippen LogP contribution in [0.5, 0.6) is 5.75 Å². The molecular weight excluding hydrogens is 284 g/mol. The molecule has 0 aromatic heterocycles. The van der Waals surface area contributed by atoms with E-state index in [1.54, 1.807) is 25.3 Å². The van der Waals surface area contributed by atoms with Crippen LogP contribution in [0.1, 0.15) is 12.5 Å². The Morgan fingerprint density at radius 1 is 1.25 bits per heavy atom. The first-order valence-electron chi connectivity index (χ1n) is 6.37. The minimum atomic E-state index is -0.753. The summed E-state index contributed by atoms with van der Waals surface area (Å²) >= 11 is 5.82. The van der Waals surface area contributed by atoms with E-state index in [1.807, 2.05) is 6.92 Å². The van der Waals surface area contributed by atoms with Crippen molar-refractivity contribution in [1.29, 1.82) is 0 Å². The first-order valence-corrected chi connectivity index (χ1v) is 6.75. The monoisotopic (exact) mass is 304 g/mol. The van der Waals surface area contributed by atoms with E-state index in [2.05, 4.69) is 0 Å². The van der Waals surface area contributed by atoms with Gasteiger partial charge in [0.15, 0.2) is 0 Å². The van der Waals surface area contributed by atoms with Crippen molar-refractivity contribution in [2.24, 2.45) is 0 Å². The molecule has 5 nitrogen and oxygen atoms in total. The minimum absolute atomic E-state index is 0.0777. The molecule has 0 aliphatic heterocycles. The van der Waals surface area contributed by atoms with Gasteiger partial charge in [-0.15, -0.1) is 0 Å². The SMILES string of the molecule is COCC(C)OCC(O)COc1ccc(Cl)cc1CO. The third-order valence-corrected chi connectivity index (χ3v) is 2.83. The Balaban J connectivity index is 2.39. The molecule has 2 N–H and O–H groups in total. The second kappa shape index (κ2) is 9.15. The molecule has 0 saturated heterocycles. The molecule has 1 aromatic carbocycles. The van der Waals surface area contributed by atoms with Gasteiger partial charge < -0.3 is 24.4 Å². The normalized spacial score (nSPS) is 14.1. The van der Waals surface area contributed by atoms with Crippen LogP contribution in [0.15, 0.2) is 18.2 Å². The van der Waals surface area contributed by atoms with Crippen molar-refractivity contribution in [3.8, 4) is 5.75 Å². The van der Waals surface area contributed by atoms with E-state index in [9.17, 15) is 10.2 Å². The zero-order valence-corrected chi connectivity index (χ0v) is 12.5. The maximum absolute atomic E-state index is 9.77. The van der Waals surface area contributed by atoms with Gasteiger partial charge in [0.25, 0.3) is 0 Å². The summed E-state index contributed by atoms with van der Waals surface area (Å²) in [5.74, 6) is 0.501. The molecule has 20 heavy (non-hydrogen) atoms. The third kappa shape index (κ3) is 6.07. The summed E-state index contributed by atoms with van der Waals surface area (Å²) in [5, 5.41) is 19.5. The molecule has 1 rings (SSSR count). The predicted octanol–water partition coefficient (Wildman–Crippen LogP) is 1.62. The van der Waals surface area contributed by atoms with Crippen molar-refractivity contribution in [2.75, 3.05) is 26.9 Å². The van der Waals surface area contributed by atoms with Crippen LogP contribution in [0.25, 0.3) is 0 Å². The van der Waals surface area contributed by atoms with Crippen molar-refractivity contribution < 1.29 is 24.4 Å². The number of hydrogen-bond donors (Lipinski definition) is 2. The molecule has 2 atom stereocenters. The van der Waals surface area contributed by atoms with Gasteiger partial charge in [-0.05, 0) is 25.1 Å². The van der Waals surface area contributed by atoms with E-state index < -0.39 is 6.10 Å². The number of aliphatic hydroxyl groups is 2. The Hall–Kier alpha value is -0.850. The van der Waals surface area contributed by atoms with Crippen LogP contribution in [0.2, 0.25) is 5.02 Å². The Morgan fingerprint density at radius 2 is 2.00 bits per heavy atom. The van der Waals surface area contributed by atoms with E-state index in [-0.39, 0.29) is 25.9 Å². The fourth-order valence-corrected chi connectivity index (χ4v) is 1.80. The highest BCUT2D eigenvalue weighted by atomic mass is 35.5. The van der Waals surface area contributed by atoms with Gasteiger partial charge in [-0.1, -0.05) is 11.6 Å². The molecule has 0 bridgehead atoms. The molecule has 0 aliphatic carbocycles. The molecule has 0 spiro atoms. The van der Waals surface area contributed by atoms with Crippen LogP contribution in [-0.2, 0) is 16.1 Å². The van der Waals surface area contributed by atoms with E-state index in [0.29, 0.717) is 22.9 Å². The molecule has 114 valence electrons. The highest BCUT2D eigenvalue weighted by molar-refractivity contribution is 6.30. The smallest absolute Gasteiger partial charge is 0.125 e. The van der Waals surface area contributed by atoms with Gasteiger partial charge in [0.1, 0.15) is 18.5 Å². The van der Waals surface area contributed by atoms with Crippen LogP contribution in [0, 0.1) is 0 Å². The molecule has 0 heterocycles. The van der Waals surface area contributed by atoms with E-state index in [0.717, 1.165) is 0 Å². The van der Waals surface area contributed by atoms with Gasteiger partial charge in [-0.2, -0.15) is 0 Å². The predicted molar refractivity (Wildman–Crippen MR) is 76.2 cm³/mol. The van der Waals surface area contributed by atoms with Gasteiger partial charge in [0, 0.05) is 17.7 Å². The van der Waals surface area contributed by atoms with Crippen LogP contribution in [0.4, 0.5) is 0 Å². The van der Waals surface area contributed by atoms with Gasteiger partial charge >= 0.3 is 0 Å². The molecular formula is C14H21ClO5. The lowest BCUT2D eigenvalue weighted by molar-refractivity contribution is -0.0424. The summed E-state index contributed by atoms with van der Waals surface area (Å²) in [5.41, 5.74) is 0.582. The molecule has 0 saturated carbocycles. The average molecular weight is 305 g/mol. The third-order valence-electron chi connectivity index (χ3n) is 2.60. The lowest BCUT2D eigenvalue weighted by Gasteiger charge is -2.17. The summed E-state index contributed by atoms with van der Waals surface area (Å²) in [6, 6.07) is 4.95. The summed E-state index contributed by atoms with van der Waals surface area (Å²) in [7, 11) is 1.59. The van der Waals surface area contributed by atoms with E-state index in [4.69, 9.17) is 25.8 Å². The quantitative estimate of drug-likeness (QED) is 0.726. The van der Waals surface area contributed by atoms with E-state index in [1.165, 1.54) is 0 Å². The van der Waals surface area contributed by atoms with Crippen molar-refractivity contribution >= 4 is 11.6 Å². The standard InChI is InChI=1S/C14H21ClO5/c1-10(7-18-2)19-8-13(17)9-20-14-4-3-12(15)5-11(14)6-16/h3-5,10,13,16-17H,6-9H2,1-2H3. The van der Waals surface area contributed by atoms with Gasteiger partial charge in [-0.3, -0.25) is 0 Å². The topological polar surface area (TPSA) is 68.2 Å². The number of ether oxygens (including phenoxy) is 3. The molecule has 0 aliphatic rings. The Morgan fingerprint density at radius 3 is 2.65 bits per heavy atom. The molecule has 2 unspecified atom stereocenters. The summed E-state index contributed by atoms with van der Waals surface area (Å²) < 4.78 is 15.8. The summed E-state index contributed by atoms with van der Waals surface area (Å²) in [6.45, 7) is 2.40. The Kier molecular flexibility index (Phi) is 7.87. The van der Waals surface area contributed by atoms with Gasteiger partial charge in [-0.25, -0.2) is 0 Å². The van der Waals surface area contributed by atoms with Crippen LogP contribution in [0.3, 0.4) is 0 Å². The van der Waals surface area contributed by atoms with Crippen LogP contribution in [-0.4, -0.2) is 49.4 Å². The Labute approximate surface area is 124 Å². The fourth-order valence-electron chi connectivity index (χ4n) is 1.60. The summed E-state index contributed by atoms with van der Waals surface area (Å²) in [6.07, 6.45) is -0.838. The summed E-state index contributed by atoms with van der Waals surface area (Å²) in [4.78, 5) is 0. The number of rotatable bonds is 9.